The molecule has 2 amide bonds. The number of nitrogens with one attached hydrogen (secondary N) is 1. The molecule has 47 heavy (non-hydrogen) atoms. The van der Waals surface area contributed by atoms with E-state index in [4.69, 9.17) is 9.47 Å². The van der Waals surface area contributed by atoms with Crippen LogP contribution in [-0.2, 0) is 32.6 Å². The first kappa shape index (κ1) is 35.0. The number of nitrogens with zero attached hydrogens (tertiary/aromatic N) is 2. The number of para-hydroxylation sites is 2. The van der Waals surface area contributed by atoms with E-state index < -0.39 is 34.1 Å². The van der Waals surface area contributed by atoms with Crippen LogP contribution >= 0.6 is 0 Å². The van der Waals surface area contributed by atoms with Crippen LogP contribution in [0.4, 0.5) is 5.69 Å². The van der Waals surface area contributed by atoms with Crippen molar-refractivity contribution in [3.63, 3.8) is 0 Å². The number of carbonyl (C=O) groups is 2. The molecule has 0 saturated carbocycles. The minimum absolute atomic E-state index is 0.0337. The predicted molar refractivity (Wildman–Crippen MR) is 184 cm³/mol. The zero-order valence-corrected chi connectivity index (χ0v) is 28.6. The first-order chi connectivity index (χ1) is 22.3. The number of rotatable bonds is 13. The summed E-state index contributed by atoms with van der Waals surface area (Å²) < 4.78 is 40.5. The molecule has 0 aliphatic heterocycles. The van der Waals surface area contributed by atoms with E-state index in [1.54, 1.807) is 36.4 Å². The second-order valence-corrected chi connectivity index (χ2v) is 14.2. The molecule has 248 valence electrons. The van der Waals surface area contributed by atoms with Gasteiger partial charge in [0.2, 0.25) is 11.8 Å². The summed E-state index contributed by atoms with van der Waals surface area (Å²) in [6.45, 7) is 7.08. The highest BCUT2D eigenvalue weighted by atomic mass is 32.2. The lowest BCUT2D eigenvalue weighted by Crippen LogP contribution is -2.56. The number of benzene rings is 4. The maximum absolute atomic E-state index is 14.7. The summed E-state index contributed by atoms with van der Waals surface area (Å²) >= 11 is 0. The van der Waals surface area contributed by atoms with Crippen molar-refractivity contribution in [2.45, 2.75) is 57.1 Å². The number of amides is 2. The third-order valence-corrected chi connectivity index (χ3v) is 9.26. The van der Waals surface area contributed by atoms with Gasteiger partial charge in [0.05, 0.1) is 24.8 Å². The van der Waals surface area contributed by atoms with Gasteiger partial charge in [0.15, 0.2) is 0 Å². The minimum Gasteiger partial charge on any atom is -0.497 e. The quantitative estimate of drug-likeness (QED) is 0.196. The van der Waals surface area contributed by atoms with Crippen molar-refractivity contribution in [2.75, 3.05) is 25.1 Å². The van der Waals surface area contributed by atoms with Crippen molar-refractivity contribution >= 4 is 27.5 Å². The zero-order chi connectivity index (χ0) is 34.2. The summed E-state index contributed by atoms with van der Waals surface area (Å²) in [7, 11) is -1.37. The second-order valence-electron chi connectivity index (χ2n) is 12.3. The average Bonchev–Trinajstić information content (AvgIpc) is 3.04. The Labute approximate surface area is 278 Å². The monoisotopic (exact) mass is 657 g/mol. The van der Waals surface area contributed by atoms with Crippen molar-refractivity contribution in [1.82, 2.24) is 10.2 Å². The maximum Gasteiger partial charge on any atom is 0.264 e. The number of aryl methyl sites for hydroxylation is 1. The van der Waals surface area contributed by atoms with Crippen LogP contribution in [0.5, 0.6) is 11.5 Å². The standard InChI is InChI=1S/C37H43N3O6S/c1-27-13-12-16-29(23-27)25-39(33(36(42)38-37(2,3)4)24-28-14-8-7-9-15-28)35(41)26-40(32-17-10-11-18-34(32)46-6)47(43,44)31-21-19-30(45-5)20-22-31/h7-23,33H,24-26H2,1-6H3,(H,38,42). The van der Waals surface area contributed by atoms with E-state index in [2.05, 4.69) is 5.32 Å². The topological polar surface area (TPSA) is 105 Å². The molecule has 0 aromatic heterocycles. The number of hydrogen-bond donors (Lipinski definition) is 1. The van der Waals surface area contributed by atoms with E-state index in [-0.39, 0.29) is 35.2 Å². The molecule has 10 heteroatoms. The number of ether oxygens (including phenoxy) is 2. The van der Waals surface area contributed by atoms with Crippen LogP contribution in [0.3, 0.4) is 0 Å². The highest BCUT2D eigenvalue weighted by molar-refractivity contribution is 7.92. The molecule has 0 heterocycles. The van der Waals surface area contributed by atoms with Gasteiger partial charge in [-0.1, -0.05) is 72.3 Å². The highest BCUT2D eigenvalue weighted by Crippen LogP contribution is 2.33. The van der Waals surface area contributed by atoms with Gasteiger partial charge in [0, 0.05) is 18.5 Å². The molecule has 1 atom stereocenters. The van der Waals surface area contributed by atoms with E-state index in [1.807, 2.05) is 82.3 Å². The fourth-order valence-electron chi connectivity index (χ4n) is 5.24. The van der Waals surface area contributed by atoms with Crippen LogP contribution in [0.2, 0.25) is 0 Å². The van der Waals surface area contributed by atoms with Gasteiger partial charge < -0.3 is 19.7 Å². The van der Waals surface area contributed by atoms with Gasteiger partial charge in [-0.2, -0.15) is 0 Å². The van der Waals surface area contributed by atoms with Gasteiger partial charge in [-0.3, -0.25) is 13.9 Å². The molecular weight excluding hydrogens is 614 g/mol. The lowest BCUT2D eigenvalue weighted by molar-refractivity contribution is -0.140. The van der Waals surface area contributed by atoms with E-state index >= 15 is 0 Å². The van der Waals surface area contributed by atoms with Crippen LogP contribution in [-0.4, -0.2) is 57.5 Å². The summed E-state index contributed by atoms with van der Waals surface area (Å²) in [5.41, 5.74) is 2.27. The van der Waals surface area contributed by atoms with Crippen LogP contribution in [0, 0.1) is 6.92 Å². The van der Waals surface area contributed by atoms with Gasteiger partial charge in [0.1, 0.15) is 24.1 Å². The molecule has 0 saturated heterocycles. The van der Waals surface area contributed by atoms with Gasteiger partial charge in [0.25, 0.3) is 10.0 Å². The third-order valence-electron chi connectivity index (χ3n) is 7.48. The van der Waals surface area contributed by atoms with E-state index in [0.29, 0.717) is 5.75 Å². The maximum atomic E-state index is 14.7. The van der Waals surface area contributed by atoms with E-state index in [0.717, 1.165) is 21.0 Å². The lowest BCUT2D eigenvalue weighted by atomic mass is 10.0. The Kier molecular flexibility index (Phi) is 11.3. The summed E-state index contributed by atoms with van der Waals surface area (Å²) in [6.07, 6.45) is 0.222. The Morgan fingerprint density at radius 1 is 0.809 bits per heavy atom. The van der Waals surface area contributed by atoms with Crippen molar-refractivity contribution in [2.24, 2.45) is 0 Å². The van der Waals surface area contributed by atoms with Crippen LogP contribution in [0.1, 0.15) is 37.5 Å². The molecule has 0 radical (unpaired) electrons. The molecule has 0 fully saturated rings. The molecule has 1 unspecified atom stereocenters. The third kappa shape index (κ3) is 9.13. The van der Waals surface area contributed by atoms with Crippen LogP contribution in [0.15, 0.2) is 108 Å². The molecule has 4 aromatic carbocycles. The molecule has 0 spiro atoms. The smallest absolute Gasteiger partial charge is 0.264 e. The Morgan fingerprint density at radius 2 is 1.45 bits per heavy atom. The van der Waals surface area contributed by atoms with Crippen molar-refractivity contribution < 1.29 is 27.5 Å². The number of sulfonamides is 1. The highest BCUT2D eigenvalue weighted by Gasteiger charge is 2.36. The Balaban J connectivity index is 1.85. The van der Waals surface area contributed by atoms with Gasteiger partial charge in [-0.15, -0.1) is 0 Å². The SMILES string of the molecule is COc1ccc(S(=O)(=O)N(CC(=O)N(Cc2cccc(C)c2)C(Cc2ccccc2)C(=O)NC(C)(C)C)c2ccccc2OC)cc1. The number of methoxy groups -OCH3 is 2. The molecule has 4 aromatic rings. The fourth-order valence-corrected chi connectivity index (χ4v) is 6.66. The molecule has 9 nitrogen and oxygen atoms in total. The largest absolute Gasteiger partial charge is 0.497 e. The number of carbonyl (C=O) groups excluding carboxylic acids is 2. The normalized spacial score (nSPS) is 12.1. The van der Waals surface area contributed by atoms with E-state index in [9.17, 15) is 18.0 Å². The molecule has 4 rings (SSSR count). The molecule has 0 bridgehead atoms. The molecule has 0 aliphatic rings. The summed E-state index contributed by atoms with van der Waals surface area (Å²) in [5, 5.41) is 3.05. The van der Waals surface area contributed by atoms with Crippen molar-refractivity contribution in [3.05, 3.63) is 120 Å². The van der Waals surface area contributed by atoms with Gasteiger partial charge in [-0.05, 0) is 75.2 Å². The Hall–Kier alpha value is -4.83. The minimum atomic E-state index is -4.30. The first-order valence-electron chi connectivity index (χ1n) is 15.3. The van der Waals surface area contributed by atoms with Gasteiger partial charge in [-0.25, -0.2) is 8.42 Å². The van der Waals surface area contributed by atoms with Crippen LogP contribution < -0.4 is 19.1 Å². The Bertz CT molecular complexity index is 1770. The zero-order valence-electron chi connectivity index (χ0n) is 27.8. The summed E-state index contributed by atoms with van der Waals surface area (Å²) in [5.74, 6) is -0.139. The fraction of sp³-hybridized carbons (Fsp3) is 0.297. The lowest BCUT2D eigenvalue weighted by Gasteiger charge is -2.35. The number of hydrogen-bond acceptors (Lipinski definition) is 6. The molecule has 1 N–H and O–H groups in total. The number of anilines is 1. The summed E-state index contributed by atoms with van der Waals surface area (Å²) in [6, 6.07) is 28.8. The summed E-state index contributed by atoms with van der Waals surface area (Å²) in [4.78, 5) is 30.2. The van der Waals surface area contributed by atoms with Crippen molar-refractivity contribution in [3.8, 4) is 11.5 Å². The molecule has 0 aliphatic carbocycles. The molecular formula is C37H43N3O6S. The van der Waals surface area contributed by atoms with Gasteiger partial charge >= 0.3 is 0 Å². The average molecular weight is 658 g/mol. The first-order valence-corrected chi connectivity index (χ1v) is 16.8. The second kappa shape index (κ2) is 15.2. The van der Waals surface area contributed by atoms with Crippen molar-refractivity contribution in [1.29, 1.82) is 0 Å². The van der Waals surface area contributed by atoms with E-state index in [1.165, 1.54) is 31.3 Å². The van der Waals surface area contributed by atoms with Crippen LogP contribution in [0.25, 0.3) is 0 Å². The predicted octanol–water partition coefficient (Wildman–Crippen LogP) is 5.76. The Morgan fingerprint density at radius 3 is 2.06 bits per heavy atom.